The molecule has 0 aromatic carbocycles. The summed E-state index contributed by atoms with van der Waals surface area (Å²) >= 11 is 0. The van der Waals surface area contributed by atoms with Gasteiger partial charge in [-0.05, 0) is 5.92 Å². The van der Waals surface area contributed by atoms with Crippen molar-refractivity contribution in [2.45, 2.75) is 19.9 Å². The molecule has 0 aliphatic carbocycles. The highest BCUT2D eigenvalue weighted by atomic mass is 16.2. The number of amides is 5. The molecule has 0 saturated carbocycles. The van der Waals surface area contributed by atoms with Crippen molar-refractivity contribution in [1.29, 1.82) is 0 Å². The highest BCUT2D eigenvalue weighted by Gasteiger charge is 2.43. The van der Waals surface area contributed by atoms with E-state index in [1.54, 1.807) is 13.8 Å². The Balaban J connectivity index is 2.96. The Morgan fingerprint density at radius 1 is 1.54 bits per heavy atom. The van der Waals surface area contributed by atoms with Gasteiger partial charge in [-0.15, -0.1) is 0 Å². The molecule has 0 aromatic rings. The molecule has 1 aliphatic rings. The van der Waals surface area contributed by atoms with Crippen LogP contribution in [-0.2, 0) is 4.79 Å². The zero-order valence-electron chi connectivity index (χ0n) is 7.40. The molecule has 3 N–H and O–H groups in total. The van der Waals surface area contributed by atoms with E-state index >= 15 is 0 Å². The number of hydrogen-bond acceptors (Lipinski definition) is 3. The Labute approximate surface area is 75.1 Å². The van der Waals surface area contributed by atoms with E-state index in [1.807, 2.05) is 5.32 Å². The van der Waals surface area contributed by atoms with Gasteiger partial charge in [0.15, 0.2) is 0 Å². The van der Waals surface area contributed by atoms with Crippen LogP contribution >= 0.6 is 0 Å². The number of nitrogens with zero attached hydrogens (tertiary/aromatic N) is 1. The van der Waals surface area contributed by atoms with Crippen molar-refractivity contribution < 1.29 is 14.4 Å². The molecule has 6 heteroatoms. The number of carbonyl (C=O) groups excluding carboxylic acids is 3. The monoisotopic (exact) mass is 185 g/mol. The van der Waals surface area contributed by atoms with Crippen LogP contribution in [0.3, 0.4) is 0 Å². The number of rotatable bonds is 1. The van der Waals surface area contributed by atoms with E-state index in [9.17, 15) is 14.4 Å². The van der Waals surface area contributed by atoms with E-state index in [0.717, 1.165) is 4.90 Å². The maximum absolute atomic E-state index is 11.2. The molecule has 0 aromatic heterocycles. The van der Waals surface area contributed by atoms with E-state index < -0.39 is 24.0 Å². The van der Waals surface area contributed by atoms with Gasteiger partial charge in [0.25, 0.3) is 5.91 Å². The van der Waals surface area contributed by atoms with Gasteiger partial charge < -0.3 is 5.73 Å². The summed E-state index contributed by atoms with van der Waals surface area (Å²) in [6, 6.07) is -2.41. The lowest BCUT2D eigenvalue weighted by Gasteiger charge is -2.20. The fourth-order valence-electron chi connectivity index (χ4n) is 1.32. The molecule has 6 nitrogen and oxygen atoms in total. The predicted octanol–water partition coefficient (Wildman–Crippen LogP) is -0.358. The predicted molar refractivity (Wildman–Crippen MR) is 43.6 cm³/mol. The lowest BCUT2D eigenvalue weighted by atomic mass is 10.0. The Morgan fingerprint density at radius 3 is 2.38 bits per heavy atom. The van der Waals surface area contributed by atoms with Gasteiger partial charge in [-0.3, -0.25) is 10.1 Å². The van der Waals surface area contributed by atoms with Gasteiger partial charge in [-0.1, -0.05) is 13.8 Å². The summed E-state index contributed by atoms with van der Waals surface area (Å²) in [5.74, 6) is -0.613. The number of nitrogens with two attached hydrogens (primary N) is 1. The Kier molecular flexibility index (Phi) is 2.22. The van der Waals surface area contributed by atoms with Gasteiger partial charge in [0, 0.05) is 0 Å². The normalized spacial score (nSPS) is 22.4. The molecular weight excluding hydrogens is 174 g/mol. The number of primary amides is 1. The van der Waals surface area contributed by atoms with Crippen molar-refractivity contribution in [2.24, 2.45) is 11.7 Å². The van der Waals surface area contributed by atoms with Gasteiger partial charge in [0.1, 0.15) is 6.04 Å². The summed E-state index contributed by atoms with van der Waals surface area (Å²) in [4.78, 5) is 33.7. The fourth-order valence-corrected chi connectivity index (χ4v) is 1.32. The SMILES string of the molecule is CC(C)C1C(=O)NC(=O)N1C(N)=O. The second-order valence-corrected chi connectivity index (χ2v) is 3.19. The Hall–Kier alpha value is -1.59. The van der Waals surface area contributed by atoms with Crippen LogP contribution < -0.4 is 11.1 Å². The van der Waals surface area contributed by atoms with E-state index in [1.165, 1.54) is 0 Å². The zero-order chi connectivity index (χ0) is 10.2. The molecule has 1 unspecified atom stereocenters. The molecule has 1 saturated heterocycles. The van der Waals surface area contributed by atoms with Gasteiger partial charge >= 0.3 is 12.1 Å². The van der Waals surface area contributed by atoms with E-state index in [-0.39, 0.29) is 5.92 Å². The quantitative estimate of drug-likeness (QED) is 0.546. The van der Waals surface area contributed by atoms with Crippen molar-refractivity contribution in [3.05, 3.63) is 0 Å². The Bertz CT molecular complexity index is 274. The number of carbonyl (C=O) groups is 3. The van der Waals surface area contributed by atoms with Gasteiger partial charge in [0.2, 0.25) is 0 Å². The molecule has 1 heterocycles. The molecular formula is C7H11N3O3. The van der Waals surface area contributed by atoms with E-state index in [2.05, 4.69) is 0 Å². The highest BCUT2D eigenvalue weighted by molar-refractivity contribution is 6.11. The molecule has 1 aliphatic heterocycles. The topological polar surface area (TPSA) is 92.5 Å². The van der Waals surface area contributed by atoms with Crippen molar-refractivity contribution in [3.8, 4) is 0 Å². The molecule has 0 bridgehead atoms. The van der Waals surface area contributed by atoms with E-state index in [0.29, 0.717) is 0 Å². The summed E-state index contributed by atoms with van der Waals surface area (Å²) in [5.41, 5.74) is 4.95. The first-order valence-corrected chi connectivity index (χ1v) is 3.88. The van der Waals surface area contributed by atoms with Crippen LogP contribution in [0.15, 0.2) is 0 Å². The molecule has 1 atom stereocenters. The summed E-state index contributed by atoms with van der Waals surface area (Å²) in [7, 11) is 0. The third kappa shape index (κ3) is 1.47. The maximum Gasteiger partial charge on any atom is 0.333 e. The first-order chi connectivity index (χ1) is 5.95. The van der Waals surface area contributed by atoms with Crippen LogP contribution in [0.2, 0.25) is 0 Å². The third-order valence-electron chi connectivity index (χ3n) is 1.86. The first-order valence-electron chi connectivity index (χ1n) is 3.88. The molecule has 72 valence electrons. The van der Waals surface area contributed by atoms with Crippen LogP contribution in [-0.4, -0.2) is 28.9 Å². The number of urea groups is 2. The minimum absolute atomic E-state index is 0.140. The molecule has 5 amide bonds. The molecule has 0 radical (unpaired) electrons. The van der Waals surface area contributed by atoms with Gasteiger partial charge in [-0.25, -0.2) is 14.5 Å². The van der Waals surface area contributed by atoms with Crippen LogP contribution in [0.25, 0.3) is 0 Å². The Morgan fingerprint density at radius 2 is 2.08 bits per heavy atom. The van der Waals surface area contributed by atoms with Crippen LogP contribution in [0, 0.1) is 5.92 Å². The van der Waals surface area contributed by atoms with Crippen molar-refractivity contribution in [3.63, 3.8) is 0 Å². The van der Waals surface area contributed by atoms with Crippen LogP contribution in [0.5, 0.6) is 0 Å². The van der Waals surface area contributed by atoms with Gasteiger partial charge in [-0.2, -0.15) is 0 Å². The fraction of sp³-hybridized carbons (Fsp3) is 0.571. The number of hydrogen-bond donors (Lipinski definition) is 2. The summed E-state index contributed by atoms with van der Waals surface area (Å²) in [6.07, 6.45) is 0. The van der Waals surface area contributed by atoms with E-state index in [4.69, 9.17) is 5.73 Å². The molecule has 13 heavy (non-hydrogen) atoms. The number of imide groups is 2. The smallest absolute Gasteiger partial charge is 0.333 e. The summed E-state index contributed by atoms with van der Waals surface area (Å²) < 4.78 is 0. The van der Waals surface area contributed by atoms with Gasteiger partial charge in [0.05, 0.1) is 0 Å². The summed E-state index contributed by atoms with van der Waals surface area (Å²) in [5, 5.41) is 2.03. The highest BCUT2D eigenvalue weighted by Crippen LogP contribution is 2.16. The average Bonchev–Trinajstić information content (AvgIpc) is 2.24. The number of nitrogens with one attached hydrogen (secondary N) is 1. The second kappa shape index (κ2) is 3.04. The summed E-state index contributed by atoms with van der Waals surface area (Å²) in [6.45, 7) is 3.47. The minimum Gasteiger partial charge on any atom is -0.351 e. The standard InChI is InChI=1S/C7H11N3O3/c1-3(2)4-5(11)9-7(13)10(4)6(8)12/h3-4H,1-2H3,(H2,8,12)(H,9,11,13). The second-order valence-electron chi connectivity index (χ2n) is 3.19. The first kappa shape index (κ1) is 9.50. The molecule has 0 spiro atoms. The molecule has 1 rings (SSSR count). The minimum atomic E-state index is -0.901. The maximum atomic E-state index is 11.2. The van der Waals surface area contributed by atoms with Crippen molar-refractivity contribution >= 4 is 18.0 Å². The third-order valence-corrected chi connectivity index (χ3v) is 1.86. The van der Waals surface area contributed by atoms with Crippen molar-refractivity contribution in [1.82, 2.24) is 10.2 Å². The molecule has 1 fully saturated rings. The van der Waals surface area contributed by atoms with Crippen molar-refractivity contribution in [2.75, 3.05) is 0 Å². The average molecular weight is 185 g/mol. The van der Waals surface area contributed by atoms with Crippen LogP contribution in [0.1, 0.15) is 13.8 Å². The lowest BCUT2D eigenvalue weighted by molar-refractivity contribution is -0.122. The largest absolute Gasteiger partial charge is 0.351 e. The zero-order valence-corrected chi connectivity index (χ0v) is 7.40. The lowest BCUT2D eigenvalue weighted by Crippen LogP contribution is -2.45. The van der Waals surface area contributed by atoms with Crippen LogP contribution in [0.4, 0.5) is 9.59 Å².